The van der Waals surface area contributed by atoms with Gasteiger partial charge in [-0.3, -0.25) is 4.79 Å². The highest BCUT2D eigenvalue weighted by Crippen LogP contribution is 2.27. The van der Waals surface area contributed by atoms with Crippen molar-refractivity contribution in [3.63, 3.8) is 0 Å². The van der Waals surface area contributed by atoms with Crippen molar-refractivity contribution in [3.05, 3.63) is 64.7 Å². The molecule has 1 amide bonds. The Bertz CT molecular complexity index is 704. The SMILES string of the molecule is O=C(NC[C@@H](O)c1cccc(Cl)c1)[C@H]1COc2ccccc2C1. The van der Waals surface area contributed by atoms with E-state index in [2.05, 4.69) is 5.32 Å². The molecule has 0 aromatic heterocycles. The summed E-state index contributed by atoms with van der Waals surface area (Å²) in [5, 5.41) is 13.5. The number of para-hydroxylation sites is 1. The predicted octanol–water partition coefficient (Wildman–Crippen LogP) is 2.74. The molecular weight excluding hydrogens is 314 g/mol. The third-order valence-electron chi connectivity index (χ3n) is 3.95. The first-order chi connectivity index (χ1) is 11.1. The van der Waals surface area contributed by atoms with Gasteiger partial charge in [-0.1, -0.05) is 41.9 Å². The summed E-state index contributed by atoms with van der Waals surface area (Å²) in [6, 6.07) is 14.7. The van der Waals surface area contributed by atoms with Crippen LogP contribution in [-0.2, 0) is 11.2 Å². The summed E-state index contributed by atoms with van der Waals surface area (Å²) >= 11 is 5.91. The van der Waals surface area contributed by atoms with Gasteiger partial charge in [0.2, 0.25) is 5.91 Å². The van der Waals surface area contributed by atoms with Crippen LogP contribution in [0.2, 0.25) is 5.02 Å². The van der Waals surface area contributed by atoms with Crippen LogP contribution in [0.5, 0.6) is 5.75 Å². The number of fused-ring (bicyclic) bond motifs is 1. The van der Waals surface area contributed by atoms with Crippen LogP contribution in [0.4, 0.5) is 0 Å². The van der Waals surface area contributed by atoms with Crippen LogP contribution in [0.25, 0.3) is 0 Å². The van der Waals surface area contributed by atoms with Crippen LogP contribution in [0.3, 0.4) is 0 Å². The fraction of sp³-hybridized carbons (Fsp3) is 0.278. The number of carbonyl (C=O) groups excluding carboxylic acids is 1. The van der Waals surface area contributed by atoms with Crippen molar-refractivity contribution in [2.24, 2.45) is 5.92 Å². The van der Waals surface area contributed by atoms with E-state index in [1.54, 1.807) is 24.3 Å². The van der Waals surface area contributed by atoms with Crippen LogP contribution in [0, 0.1) is 5.92 Å². The van der Waals surface area contributed by atoms with E-state index < -0.39 is 6.10 Å². The zero-order valence-corrected chi connectivity index (χ0v) is 13.3. The second-order valence-corrected chi connectivity index (χ2v) is 6.07. The Morgan fingerprint density at radius 2 is 2.13 bits per heavy atom. The van der Waals surface area contributed by atoms with Crippen LogP contribution in [0.1, 0.15) is 17.2 Å². The van der Waals surface area contributed by atoms with Crippen molar-refractivity contribution < 1.29 is 14.6 Å². The topological polar surface area (TPSA) is 58.6 Å². The molecular formula is C18H18ClNO3. The Balaban J connectivity index is 1.56. The largest absolute Gasteiger partial charge is 0.492 e. The number of halogens is 1. The van der Waals surface area contributed by atoms with Crippen molar-refractivity contribution in [1.82, 2.24) is 5.32 Å². The average molecular weight is 332 g/mol. The first kappa shape index (κ1) is 15.8. The Morgan fingerprint density at radius 1 is 1.30 bits per heavy atom. The molecule has 2 N–H and O–H groups in total. The molecule has 0 unspecified atom stereocenters. The summed E-state index contributed by atoms with van der Waals surface area (Å²) in [6.07, 6.45) is -0.135. The lowest BCUT2D eigenvalue weighted by Crippen LogP contribution is -2.39. The molecule has 2 aromatic carbocycles. The van der Waals surface area contributed by atoms with Gasteiger partial charge in [-0.05, 0) is 35.7 Å². The molecule has 0 bridgehead atoms. The van der Waals surface area contributed by atoms with Gasteiger partial charge < -0.3 is 15.2 Å². The third kappa shape index (κ3) is 3.84. The molecule has 120 valence electrons. The number of benzene rings is 2. The Labute approximate surface area is 140 Å². The number of hydrogen-bond acceptors (Lipinski definition) is 3. The Hall–Kier alpha value is -2.04. The number of aliphatic hydroxyl groups is 1. The molecule has 4 nitrogen and oxygen atoms in total. The fourth-order valence-electron chi connectivity index (χ4n) is 2.67. The van der Waals surface area contributed by atoms with E-state index in [0.29, 0.717) is 23.6 Å². The maximum absolute atomic E-state index is 12.3. The standard InChI is InChI=1S/C18H18ClNO3/c19-15-6-3-5-12(9-15)16(21)10-20-18(22)14-8-13-4-1-2-7-17(13)23-11-14/h1-7,9,14,16,21H,8,10-11H2,(H,20,22)/t14-,16-/m1/s1. The number of rotatable bonds is 4. The van der Waals surface area contributed by atoms with Gasteiger partial charge in [-0.15, -0.1) is 0 Å². The minimum Gasteiger partial charge on any atom is -0.492 e. The third-order valence-corrected chi connectivity index (χ3v) is 4.19. The fourth-order valence-corrected chi connectivity index (χ4v) is 2.87. The van der Waals surface area contributed by atoms with Crippen LogP contribution in [0.15, 0.2) is 48.5 Å². The smallest absolute Gasteiger partial charge is 0.226 e. The monoisotopic (exact) mass is 331 g/mol. The van der Waals surface area contributed by atoms with Crippen molar-refractivity contribution in [2.45, 2.75) is 12.5 Å². The maximum atomic E-state index is 12.3. The molecule has 1 aliphatic heterocycles. The van der Waals surface area contributed by atoms with E-state index in [1.807, 2.05) is 24.3 Å². The molecule has 1 heterocycles. The quantitative estimate of drug-likeness (QED) is 0.905. The van der Waals surface area contributed by atoms with Crippen LogP contribution >= 0.6 is 11.6 Å². The molecule has 0 radical (unpaired) electrons. The highest BCUT2D eigenvalue weighted by atomic mass is 35.5. The minimum atomic E-state index is -0.783. The molecule has 0 saturated heterocycles. The maximum Gasteiger partial charge on any atom is 0.226 e. The van der Waals surface area contributed by atoms with Crippen LogP contribution in [-0.4, -0.2) is 24.2 Å². The van der Waals surface area contributed by atoms with Gasteiger partial charge in [0.1, 0.15) is 12.4 Å². The first-order valence-corrected chi connectivity index (χ1v) is 7.93. The zero-order valence-electron chi connectivity index (χ0n) is 12.5. The summed E-state index contributed by atoms with van der Waals surface area (Å²) in [5.41, 5.74) is 1.72. The number of carbonyl (C=O) groups is 1. The minimum absolute atomic E-state index is 0.111. The van der Waals surface area contributed by atoms with Gasteiger partial charge in [0.25, 0.3) is 0 Å². The molecule has 0 aliphatic carbocycles. The van der Waals surface area contributed by atoms with E-state index in [4.69, 9.17) is 16.3 Å². The van der Waals surface area contributed by atoms with E-state index in [-0.39, 0.29) is 18.4 Å². The molecule has 0 saturated carbocycles. The molecule has 2 aromatic rings. The lowest BCUT2D eigenvalue weighted by atomic mass is 9.96. The van der Waals surface area contributed by atoms with E-state index in [9.17, 15) is 9.90 Å². The van der Waals surface area contributed by atoms with Gasteiger partial charge in [0.05, 0.1) is 12.0 Å². The molecule has 0 fully saturated rings. The molecule has 3 rings (SSSR count). The molecule has 0 spiro atoms. The van der Waals surface area contributed by atoms with Gasteiger partial charge in [-0.25, -0.2) is 0 Å². The highest BCUT2D eigenvalue weighted by molar-refractivity contribution is 6.30. The average Bonchev–Trinajstić information content (AvgIpc) is 2.59. The van der Waals surface area contributed by atoms with Crippen molar-refractivity contribution >= 4 is 17.5 Å². The lowest BCUT2D eigenvalue weighted by molar-refractivity contribution is -0.126. The van der Waals surface area contributed by atoms with Crippen molar-refractivity contribution in [3.8, 4) is 5.75 Å². The van der Waals surface area contributed by atoms with Crippen LogP contribution < -0.4 is 10.1 Å². The number of aliphatic hydroxyl groups excluding tert-OH is 1. The second-order valence-electron chi connectivity index (χ2n) is 5.64. The van der Waals surface area contributed by atoms with Gasteiger partial charge in [0, 0.05) is 11.6 Å². The van der Waals surface area contributed by atoms with Gasteiger partial charge in [-0.2, -0.15) is 0 Å². The number of hydrogen-bond donors (Lipinski definition) is 2. The highest BCUT2D eigenvalue weighted by Gasteiger charge is 2.26. The Morgan fingerprint density at radius 3 is 2.96 bits per heavy atom. The normalized spacial score (nSPS) is 17.7. The summed E-state index contributed by atoms with van der Waals surface area (Å²) in [7, 11) is 0. The van der Waals surface area contributed by atoms with E-state index in [0.717, 1.165) is 11.3 Å². The summed E-state index contributed by atoms with van der Waals surface area (Å²) < 4.78 is 5.62. The van der Waals surface area contributed by atoms with Crippen molar-refractivity contribution in [1.29, 1.82) is 0 Å². The first-order valence-electron chi connectivity index (χ1n) is 7.55. The second kappa shape index (κ2) is 7.02. The van der Waals surface area contributed by atoms with Gasteiger partial charge in [0.15, 0.2) is 0 Å². The molecule has 1 aliphatic rings. The molecule has 23 heavy (non-hydrogen) atoms. The zero-order chi connectivity index (χ0) is 16.2. The number of nitrogens with one attached hydrogen (secondary N) is 1. The molecule has 2 atom stereocenters. The van der Waals surface area contributed by atoms with E-state index in [1.165, 1.54) is 0 Å². The lowest BCUT2D eigenvalue weighted by Gasteiger charge is -2.25. The van der Waals surface area contributed by atoms with Crippen molar-refractivity contribution in [2.75, 3.05) is 13.2 Å². The molecule has 5 heteroatoms. The summed E-state index contributed by atoms with van der Waals surface area (Å²) in [4.78, 5) is 12.3. The predicted molar refractivity (Wildman–Crippen MR) is 88.6 cm³/mol. The summed E-state index contributed by atoms with van der Waals surface area (Å²) in [5.74, 6) is 0.493. The number of amides is 1. The summed E-state index contributed by atoms with van der Waals surface area (Å²) in [6.45, 7) is 0.507. The Kier molecular flexibility index (Phi) is 4.84. The van der Waals surface area contributed by atoms with Gasteiger partial charge >= 0.3 is 0 Å². The van der Waals surface area contributed by atoms with E-state index >= 15 is 0 Å². The number of ether oxygens (including phenoxy) is 1.